The minimum absolute atomic E-state index is 0.0914. The molecule has 4 rings (SSSR count). The van der Waals surface area contributed by atoms with Crippen LogP contribution in [0.25, 0.3) is 0 Å². The molecule has 2 aromatic rings. The van der Waals surface area contributed by atoms with Crippen LogP contribution in [-0.2, 0) is 11.2 Å². The smallest absolute Gasteiger partial charge is 0.274 e. The van der Waals surface area contributed by atoms with Crippen molar-refractivity contribution in [2.24, 2.45) is 5.92 Å². The normalized spacial score (nSPS) is 19.6. The lowest BCUT2D eigenvalue weighted by molar-refractivity contribution is 0.0299. The van der Waals surface area contributed by atoms with Gasteiger partial charge in [0.15, 0.2) is 0 Å². The van der Waals surface area contributed by atoms with Gasteiger partial charge >= 0.3 is 0 Å². The molecule has 0 unspecified atom stereocenters. The minimum Gasteiger partial charge on any atom is -0.493 e. The SMILES string of the molecule is O=C(c1cncc(NC[C@@H]2CCOc3ccccc3C2)n1)N1CCOCC1. The lowest BCUT2D eigenvalue weighted by Crippen LogP contribution is -2.41. The van der Waals surface area contributed by atoms with Crippen LogP contribution in [0.4, 0.5) is 5.82 Å². The van der Waals surface area contributed by atoms with Gasteiger partial charge in [-0.3, -0.25) is 9.78 Å². The second kappa shape index (κ2) is 8.35. The van der Waals surface area contributed by atoms with Gasteiger partial charge < -0.3 is 19.7 Å². The van der Waals surface area contributed by atoms with E-state index in [1.165, 1.54) is 11.8 Å². The third-order valence-electron chi connectivity index (χ3n) is 4.99. The maximum atomic E-state index is 12.6. The fourth-order valence-electron chi connectivity index (χ4n) is 3.47. The Hall–Kier alpha value is -2.67. The summed E-state index contributed by atoms with van der Waals surface area (Å²) in [6.45, 7) is 3.82. The summed E-state index contributed by atoms with van der Waals surface area (Å²) in [6.07, 6.45) is 5.13. The zero-order valence-corrected chi connectivity index (χ0v) is 15.3. The number of aromatic nitrogens is 2. The van der Waals surface area contributed by atoms with Gasteiger partial charge in [-0.2, -0.15) is 0 Å². The minimum atomic E-state index is -0.0914. The molecular weight excluding hydrogens is 344 g/mol. The maximum Gasteiger partial charge on any atom is 0.274 e. The molecule has 1 aromatic carbocycles. The molecule has 3 heterocycles. The number of fused-ring (bicyclic) bond motifs is 1. The average Bonchev–Trinajstić information content (AvgIpc) is 2.94. The maximum absolute atomic E-state index is 12.6. The molecular formula is C20H24N4O3. The van der Waals surface area contributed by atoms with Gasteiger partial charge in [-0.05, 0) is 30.4 Å². The Bertz CT molecular complexity index is 792. The van der Waals surface area contributed by atoms with Crippen molar-refractivity contribution in [2.45, 2.75) is 12.8 Å². The molecule has 1 N–H and O–H groups in total. The van der Waals surface area contributed by atoms with Gasteiger partial charge in [-0.1, -0.05) is 18.2 Å². The van der Waals surface area contributed by atoms with E-state index in [1.54, 1.807) is 11.1 Å². The number of ether oxygens (including phenoxy) is 2. The predicted molar refractivity (Wildman–Crippen MR) is 101 cm³/mol. The number of amides is 1. The Morgan fingerprint density at radius 1 is 1.19 bits per heavy atom. The highest BCUT2D eigenvalue weighted by atomic mass is 16.5. The molecule has 2 aliphatic rings. The van der Waals surface area contributed by atoms with E-state index in [9.17, 15) is 4.79 Å². The number of carbonyl (C=O) groups excluding carboxylic acids is 1. The van der Waals surface area contributed by atoms with Gasteiger partial charge in [0.1, 0.15) is 17.3 Å². The van der Waals surface area contributed by atoms with Crippen molar-refractivity contribution in [1.29, 1.82) is 0 Å². The molecule has 0 spiro atoms. The van der Waals surface area contributed by atoms with Crippen molar-refractivity contribution < 1.29 is 14.3 Å². The highest BCUT2D eigenvalue weighted by Crippen LogP contribution is 2.26. The number of nitrogens with one attached hydrogen (secondary N) is 1. The van der Waals surface area contributed by atoms with E-state index in [4.69, 9.17) is 9.47 Å². The van der Waals surface area contributed by atoms with Crippen LogP contribution >= 0.6 is 0 Å². The topological polar surface area (TPSA) is 76.6 Å². The third-order valence-corrected chi connectivity index (χ3v) is 4.99. The van der Waals surface area contributed by atoms with Crippen molar-refractivity contribution in [3.8, 4) is 5.75 Å². The van der Waals surface area contributed by atoms with E-state index in [0.717, 1.165) is 25.1 Å². The van der Waals surface area contributed by atoms with E-state index in [-0.39, 0.29) is 5.91 Å². The number of morpholine rings is 1. The first-order valence-corrected chi connectivity index (χ1v) is 9.43. The van der Waals surface area contributed by atoms with Gasteiger partial charge in [-0.15, -0.1) is 0 Å². The monoisotopic (exact) mass is 368 g/mol. The van der Waals surface area contributed by atoms with Gasteiger partial charge in [0.05, 0.1) is 32.2 Å². The van der Waals surface area contributed by atoms with Gasteiger partial charge in [-0.25, -0.2) is 4.98 Å². The van der Waals surface area contributed by atoms with Crippen molar-refractivity contribution >= 4 is 11.7 Å². The number of anilines is 1. The van der Waals surface area contributed by atoms with E-state index in [2.05, 4.69) is 21.4 Å². The quantitative estimate of drug-likeness (QED) is 0.890. The Labute approximate surface area is 158 Å². The number of benzene rings is 1. The highest BCUT2D eigenvalue weighted by Gasteiger charge is 2.21. The summed E-state index contributed by atoms with van der Waals surface area (Å²) in [5.74, 6) is 1.96. The van der Waals surface area contributed by atoms with E-state index >= 15 is 0 Å². The Morgan fingerprint density at radius 2 is 2.04 bits per heavy atom. The van der Waals surface area contributed by atoms with Crippen LogP contribution in [0.3, 0.4) is 0 Å². The summed E-state index contributed by atoms with van der Waals surface area (Å²) in [5, 5.41) is 3.35. The fraction of sp³-hybridized carbons (Fsp3) is 0.450. The fourth-order valence-corrected chi connectivity index (χ4v) is 3.47. The van der Waals surface area contributed by atoms with E-state index in [0.29, 0.717) is 50.3 Å². The lowest BCUT2D eigenvalue weighted by atomic mass is 9.97. The molecule has 1 atom stereocenters. The van der Waals surface area contributed by atoms with E-state index < -0.39 is 0 Å². The number of carbonyl (C=O) groups is 1. The van der Waals surface area contributed by atoms with Crippen molar-refractivity contribution in [3.63, 3.8) is 0 Å². The van der Waals surface area contributed by atoms with Crippen LogP contribution in [0.1, 0.15) is 22.5 Å². The molecule has 1 aromatic heterocycles. The standard InChI is InChI=1S/C20H24N4O3/c25-20(24-6-9-26-10-7-24)17-13-21-14-19(23-17)22-12-15-5-8-27-18-4-2-1-3-16(18)11-15/h1-4,13-15H,5-12H2,(H,22,23)/t15-/m1/s1. The van der Waals surface area contributed by atoms with Gasteiger partial charge in [0.2, 0.25) is 0 Å². The van der Waals surface area contributed by atoms with Gasteiger partial charge in [0.25, 0.3) is 5.91 Å². The van der Waals surface area contributed by atoms with Gasteiger partial charge in [0, 0.05) is 19.6 Å². The number of hydrogen-bond donors (Lipinski definition) is 1. The summed E-state index contributed by atoms with van der Waals surface area (Å²) in [4.78, 5) is 23.0. The van der Waals surface area contributed by atoms with Crippen LogP contribution in [0.2, 0.25) is 0 Å². The molecule has 0 radical (unpaired) electrons. The summed E-state index contributed by atoms with van der Waals surface area (Å²) >= 11 is 0. The largest absolute Gasteiger partial charge is 0.493 e. The van der Waals surface area contributed by atoms with E-state index in [1.807, 2.05) is 18.2 Å². The first kappa shape index (κ1) is 17.7. The number of para-hydroxylation sites is 1. The first-order valence-electron chi connectivity index (χ1n) is 9.43. The van der Waals surface area contributed by atoms with Crippen molar-refractivity contribution in [1.82, 2.24) is 14.9 Å². The summed E-state index contributed by atoms with van der Waals surface area (Å²) in [7, 11) is 0. The molecule has 0 aliphatic carbocycles. The Kier molecular flexibility index (Phi) is 5.48. The number of rotatable bonds is 4. The lowest BCUT2D eigenvalue weighted by Gasteiger charge is -2.26. The Morgan fingerprint density at radius 3 is 2.93 bits per heavy atom. The second-order valence-electron chi connectivity index (χ2n) is 6.89. The molecule has 1 saturated heterocycles. The molecule has 1 fully saturated rings. The molecule has 7 heteroatoms. The molecule has 0 saturated carbocycles. The first-order chi connectivity index (χ1) is 13.3. The average molecular weight is 368 g/mol. The van der Waals surface area contributed by atoms with Crippen LogP contribution < -0.4 is 10.1 Å². The number of nitrogens with zero attached hydrogens (tertiary/aromatic N) is 3. The Balaban J connectivity index is 1.38. The third kappa shape index (κ3) is 4.36. The molecule has 142 valence electrons. The van der Waals surface area contributed by atoms with Crippen LogP contribution in [0, 0.1) is 5.92 Å². The number of hydrogen-bond acceptors (Lipinski definition) is 6. The summed E-state index contributed by atoms with van der Waals surface area (Å²) in [5.41, 5.74) is 1.61. The summed E-state index contributed by atoms with van der Waals surface area (Å²) < 4.78 is 11.1. The van der Waals surface area contributed by atoms with Crippen molar-refractivity contribution in [2.75, 3.05) is 44.8 Å². The molecule has 1 amide bonds. The zero-order chi connectivity index (χ0) is 18.5. The molecule has 0 bridgehead atoms. The van der Waals surface area contributed by atoms with Crippen LogP contribution in [0.5, 0.6) is 5.75 Å². The van der Waals surface area contributed by atoms with Crippen LogP contribution in [0.15, 0.2) is 36.7 Å². The molecule has 7 nitrogen and oxygen atoms in total. The second-order valence-corrected chi connectivity index (χ2v) is 6.89. The zero-order valence-electron chi connectivity index (χ0n) is 15.3. The predicted octanol–water partition coefficient (Wildman–Crippen LogP) is 2.00. The van der Waals surface area contributed by atoms with Crippen molar-refractivity contribution in [3.05, 3.63) is 47.9 Å². The molecule has 2 aliphatic heterocycles. The van der Waals surface area contributed by atoms with Crippen LogP contribution in [-0.4, -0.2) is 60.2 Å². The molecule has 27 heavy (non-hydrogen) atoms. The summed E-state index contributed by atoms with van der Waals surface area (Å²) in [6, 6.07) is 8.20. The highest BCUT2D eigenvalue weighted by molar-refractivity contribution is 5.92.